The Hall–Kier alpha value is -2.25. The molecule has 0 bridgehead atoms. The third kappa shape index (κ3) is 3.64. The number of amides is 1. The molecule has 2 heterocycles. The van der Waals surface area contributed by atoms with Crippen LogP contribution in [0.15, 0.2) is 30.6 Å². The molecular formula is C19H25N5O2. The van der Waals surface area contributed by atoms with Gasteiger partial charge in [-0.1, -0.05) is 12.5 Å². The predicted octanol–water partition coefficient (Wildman–Crippen LogP) is 2.02. The van der Waals surface area contributed by atoms with Crippen LogP contribution in [0, 0.1) is 12.8 Å². The lowest BCUT2D eigenvalue weighted by molar-refractivity contribution is -0.128. The predicted molar refractivity (Wildman–Crippen MR) is 98.2 cm³/mol. The first-order valence-corrected chi connectivity index (χ1v) is 9.30. The van der Waals surface area contributed by atoms with E-state index >= 15 is 0 Å². The number of rotatable bonds is 5. The maximum atomic E-state index is 12.9. The zero-order valence-corrected chi connectivity index (χ0v) is 15.1. The molecule has 1 saturated heterocycles. The zero-order valence-electron chi connectivity index (χ0n) is 15.1. The largest absolute Gasteiger partial charge is 0.378 e. The Kier molecular flexibility index (Phi) is 4.99. The van der Waals surface area contributed by atoms with Crippen molar-refractivity contribution in [2.45, 2.75) is 32.2 Å². The van der Waals surface area contributed by atoms with Crippen molar-refractivity contribution in [3.05, 3.63) is 36.4 Å². The molecule has 1 saturated carbocycles. The maximum Gasteiger partial charge on any atom is 0.244 e. The Morgan fingerprint density at radius 3 is 3.00 bits per heavy atom. The molecule has 4 rings (SSSR count). The average molecular weight is 355 g/mol. The lowest BCUT2D eigenvalue weighted by Gasteiger charge is -2.39. The molecule has 1 amide bonds. The Labute approximate surface area is 153 Å². The van der Waals surface area contributed by atoms with Gasteiger partial charge in [0.2, 0.25) is 5.91 Å². The smallest absolute Gasteiger partial charge is 0.244 e. The van der Waals surface area contributed by atoms with Crippen LogP contribution >= 0.6 is 0 Å². The summed E-state index contributed by atoms with van der Waals surface area (Å²) in [5.41, 5.74) is 1.70. The van der Waals surface area contributed by atoms with Crippen LogP contribution < -0.4 is 5.32 Å². The third-order valence-electron chi connectivity index (χ3n) is 5.37. The van der Waals surface area contributed by atoms with Crippen molar-refractivity contribution in [3.8, 4) is 5.69 Å². The van der Waals surface area contributed by atoms with Gasteiger partial charge in [-0.05, 0) is 43.9 Å². The number of nitrogens with zero attached hydrogens (tertiary/aromatic N) is 4. The van der Waals surface area contributed by atoms with Crippen molar-refractivity contribution in [3.63, 3.8) is 0 Å². The fraction of sp³-hybridized carbons (Fsp3) is 0.526. The number of hydrogen-bond acceptors (Lipinski definition) is 5. The number of carbonyl (C=O) groups excluding carboxylic acids is 1. The van der Waals surface area contributed by atoms with Crippen LogP contribution in [0.1, 0.15) is 25.1 Å². The molecule has 1 N–H and O–H groups in total. The first kappa shape index (κ1) is 17.2. The van der Waals surface area contributed by atoms with Crippen LogP contribution in [0.3, 0.4) is 0 Å². The molecule has 1 aromatic heterocycles. The van der Waals surface area contributed by atoms with Gasteiger partial charge >= 0.3 is 0 Å². The summed E-state index contributed by atoms with van der Waals surface area (Å²) in [7, 11) is 0. The van der Waals surface area contributed by atoms with Gasteiger partial charge in [0, 0.05) is 18.8 Å². The minimum atomic E-state index is -0.218. The average Bonchev–Trinajstić information content (AvgIpc) is 3.05. The lowest BCUT2D eigenvalue weighted by atomic mass is 9.84. The van der Waals surface area contributed by atoms with Gasteiger partial charge in [0.1, 0.15) is 18.2 Å². The Morgan fingerprint density at radius 2 is 2.27 bits per heavy atom. The van der Waals surface area contributed by atoms with Crippen molar-refractivity contribution >= 4 is 11.6 Å². The number of carbonyl (C=O) groups is 1. The number of anilines is 1. The topological polar surface area (TPSA) is 72.3 Å². The number of aromatic nitrogens is 3. The van der Waals surface area contributed by atoms with Crippen LogP contribution in [0.5, 0.6) is 0 Å². The monoisotopic (exact) mass is 355 g/mol. The molecule has 7 heteroatoms. The van der Waals surface area contributed by atoms with Crippen molar-refractivity contribution in [2.24, 2.45) is 5.92 Å². The summed E-state index contributed by atoms with van der Waals surface area (Å²) in [4.78, 5) is 15.2. The van der Waals surface area contributed by atoms with Gasteiger partial charge in [0.05, 0.1) is 18.9 Å². The molecule has 1 aromatic carbocycles. The van der Waals surface area contributed by atoms with Gasteiger partial charge < -0.3 is 10.1 Å². The van der Waals surface area contributed by atoms with Gasteiger partial charge in [0.25, 0.3) is 0 Å². The van der Waals surface area contributed by atoms with E-state index in [2.05, 4.69) is 20.4 Å². The highest BCUT2D eigenvalue weighted by molar-refractivity contribution is 5.95. The number of hydrogen-bond donors (Lipinski definition) is 1. The second-order valence-electron chi connectivity index (χ2n) is 7.17. The Morgan fingerprint density at radius 1 is 1.38 bits per heavy atom. The first-order chi connectivity index (χ1) is 12.7. The van der Waals surface area contributed by atoms with Crippen molar-refractivity contribution < 1.29 is 9.53 Å². The first-order valence-electron chi connectivity index (χ1n) is 9.30. The molecule has 0 spiro atoms. The van der Waals surface area contributed by atoms with E-state index in [9.17, 15) is 4.79 Å². The van der Waals surface area contributed by atoms with Gasteiger partial charge in [-0.3, -0.25) is 14.3 Å². The fourth-order valence-electron chi connectivity index (χ4n) is 3.61. The van der Waals surface area contributed by atoms with Gasteiger partial charge in [0.15, 0.2) is 0 Å². The van der Waals surface area contributed by atoms with Crippen molar-refractivity contribution in [1.82, 2.24) is 19.7 Å². The molecule has 138 valence electrons. The summed E-state index contributed by atoms with van der Waals surface area (Å²) < 4.78 is 7.47. The highest BCUT2D eigenvalue weighted by Gasteiger charge is 2.32. The Bertz CT molecular complexity index is 771. The molecule has 2 fully saturated rings. The fourth-order valence-corrected chi connectivity index (χ4v) is 3.61. The second-order valence-corrected chi connectivity index (χ2v) is 7.17. The van der Waals surface area contributed by atoms with E-state index in [0.717, 1.165) is 36.2 Å². The number of nitrogens with one attached hydrogen (secondary N) is 1. The van der Waals surface area contributed by atoms with Crippen LogP contribution in [0.4, 0.5) is 5.69 Å². The van der Waals surface area contributed by atoms with Gasteiger partial charge in [-0.15, -0.1) is 10.2 Å². The maximum absolute atomic E-state index is 12.9. The van der Waals surface area contributed by atoms with Gasteiger partial charge in [-0.2, -0.15) is 0 Å². The number of ether oxygens (including phenoxy) is 1. The summed E-state index contributed by atoms with van der Waals surface area (Å²) in [6.45, 7) is 4.90. The van der Waals surface area contributed by atoms with E-state index in [-0.39, 0.29) is 11.9 Å². The molecule has 1 atom stereocenters. The van der Waals surface area contributed by atoms with E-state index in [1.165, 1.54) is 19.3 Å². The van der Waals surface area contributed by atoms with Crippen LogP contribution in [0.25, 0.3) is 5.69 Å². The highest BCUT2D eigenvalue weighted by atomic mass is 16.5. The second kappa shape index (κ2) is 7.55. The number of aryl methyl sites for hydroxylation is 1. The van der Waals surface area contributed by atoms with E-state index in [1.807, 2.05) is 35.8 Å². The van der Waals surface area contributed by atoms with Crippen LogP contribution in [0.2, 0.25) is 0 Å². The normalized spacial score (nSPS) is 21.3. The molecule has 26 heavy (non-hydrogen) atoms. The van der Waals surface area contributed by atoms with E-state index in [0.29, 0.717) is 13.2 Å². The SMILES string of the molecule is Cc1nncn1-c1cccc(NC(=O)C2COCCN2CC2CCC2)c1. The molecule has 2 aliphatic rings. The van der Waals surface area contributed by atoms with Gasteiger partial charge in [-0.25, -0.2) is 0 Å². The summed E-state index contributed by atoms with van der Waals surface area (Å²) in [5.74, 6) is 1.55. The number of morpholine rings is 1. The minimum absolute atomic E-state index is 0.00153. The van der Waals surface area contributed by atoms with Crippen molar-refractivity contribution in [1.29, 1.82) is 0 Å². The molecule has 1 aliphatic heterocycles. The molecule has 2 aromatic rings. The van der Waals surface area contributed by atoms with Crippen LogP contribution in [-0.2, 0) is 9.53 Å². The molecule has 0 radical (unpaired) electrons. The Balaban J connectivity index is 1.45. The minimum Gasteiger partial charge on any atom is -0.378 e. The molecular weight excluding hydrogens is 330 g/mol. The van der Waals surface area contributed by atoms with E-state index in [4.69, 9.17) is 4.74 Å². The summed E-state index contributed by atoms with van der Waals surface area (Å²) in [5, 5.41) is 11.0. The quantitative estimate of drug-likeness (QED) is 0.888. The molecule has 1 aliphatic carbocycles. The third-order valence-corrected chi connectivity index (χ3v) is 5.37. The van der Waals surface area contributed by atoms with Crippen LogP contribution in [-0.4, -0.2) is 57.9 Å². The summed E-state index contributed by atoms with van der Waals surface area (Å²) >= 11 is 0. The van der Waals surface area contributed by atoms with E-state index in [1.54, 1.807) is 6.33 Å². The highest BCUT2D eigenvalue weighted by Crippen LogP contribution is 2.28. The van der Waals surface area contributed by atoms with Crippen molar-refractivity contribution in [2.75, 3.05) is 31.6 Å². The molecule has 7 nitrogen and oxygen atoms in total. The summed E-state index contributed by atoms with van der Waals surface area (Å²) in [6, 6.07) is 7.52. The summed E-state index contributed by atoms with van der Waals surface area (Å²) in [6.07, 6.45) is 5.56. The zero-order chi connectivity index (χ0) is 17.9. The molecule has 1 unspecified atom stereocenters. The number of benzene rings is 1. The standard InChI is InChI=1S/C19H25N5O2/c1-14-22-20-13-24(14)17-7-3-6-16(10-17)21-19(25)18-12-26-9-8-23(18)11-15-4-2-5-15/h3,6-7,10,13,15,18H,2,4-5,8-9,11-12H2,1H3,(H,21,25). The lowest BCUT2D eigenvalue weighted by Crippen LogP contribution is -2.53. The van der Waals surface area contributed by atoms with E-state index < -0.39 is 0 Å².